The molecule has 0 unspecified atom stereocenters. The van der Waals surface area contributed by atoms with E-state index in [1.54, 1.807) is 17.9 Å². The quantitative estimate of drug-likeness (QED) is 0.762. The molecule has 2 aliphatic heterocycles. The molecule has 8 nitrogen and oxygen atoms in total. The van der Waals surface area contributed by atoms with Crippen LogP contribution in [0.3, 0.4) is 0 Å². The average molecular weight is 343 g/mol. The number of fused-ring (bicyclic) bond motifs is 1. The molecule has 0 aliphatic carbocycles. The molecule has 0 radical (unpaired) electrons. The lowest BCUT2D eigenvalue weighted by Crippen LogP contribution is -2.46. The van der Waals surface area contributed by atoms with E-state index in [0.717, 1.165) is 0 Å². The molecule has 3 rings (SSSR count). The summed E-state index contributed by atoms with van der Waals surface area (Å²) < 4.78 is 12.9. The first-order chi connectivity index (χ1) is 10.9. The Morgan fingerprint density at radius 2 is 1.91 bits per heavy atom. The first kappa shape index (κ1) is 16.2. The van der Waals surface area contributed by atoms with Gasteiger partial charge in [0.25, 0.3) is 0 Å². The Bertz CT molecular complexity index is 620. The van der Waals surface area contributed by atoms with Gasteiger partial charge in [0.15, 0.2) is 0 Å². The number of nitrogens with zero attached hydrogens (tertiary/aromatic N) is 2. The molecule has 23 heavy (non-hydrogen) atoms. The lowest BCUT2D eigenvalue weighted by atomic mass is 10.1. The monoisotopic (exact) mass is 342 g/mol. The molecule has 2 N–H and O–H groups in total. The molecule has 2 fully saturated rings. The van der Waals surface area contributed by atoms with E-state index in [1.165, 1.54) is 6.92 Å². The summed E-state index contributed by atoms with van der Waals surface area (Å²) in [7, 11) is 1.75. The minimum absolute atomic E-state index is 0.0999. The Labute approximate surface area is 138 Å². The minimum atomic E-state index is -0.255. The van der Waals surface area contributed by atoms with Gasteiger partial charge in [0.2, 0.25) is 11.8 Å². The van der Waals surface area contributed by atoms with Crippen LogP contribution in [0.4, 0.5) is 0 Å². The Hall–Kier alpha value is -1.64. The number of aryl methyl sites for hydroxylation is 1. The zero-order chi connectivity index (χ0) is 16.6. The standard InChI is InChI=1S/C14H19ClN4O4/c1-7(20)16-10-5-22-14-11(6-23-13(10)14)17-12(21)3-9-8(15)4-19(2)18-9/h4,10-11,13-14H,3,5-6H2,1-2H3,(H,16,20)(H,17,21)/t10-,11-,13+,14+/m0/s1. The second kappa shape index (κ2) is 6.46. The SMILES string of the molecule is CC(=O)N[C@H]1CO[C@H]2[C@@H]1OC[C@@H]2NC(=O)Cc1nn(C)cc1Cl. The van der Waals surface area contributed by atoms with Crippen molar-refractivity contribution in [3.63, 3.8) is 0 Å². The summed E-state index contributed by atoms with van der Waals surface area (Å²) in [6, 6.07) is -0.418. The largest absolute Gasteiger partial charge is 0.371 e. The molecule has 0 aromatic carbocycles. The highest BCUT2D eigenvalue weighted by molar-refractivity contribution is 6.31. The predicted octanol–water partition coefficient (Wildman–Crippen LogP) is -0.597. The van der Waals surface area contributed by atoms with Gasteiger partial charge in [-0.25, -0.2) is 0 Å². The summed E-state index contributed by atoms with van der Waals surface area (Å²) in [5, 5.41) is 10.3. The lowest BCUT2D eigenvalue weighted by molar-refractivity contribution is -0.122. The number of carbonyl (C=O) groups excluding carboxylic acids is 2. The van der Waals surface area contributed by atoms with E-state index in [4.69, 9.17) is 21.1 Å². The van der Waals surface area contributed by atoms with Crippen molar-refractivity contribution < 1.29 is 19.1 Å². The average Bonchev–Trinajstić information content (AvgIpc) is 3.09. The van der Waals surface area contributed by atoms with Crippen molar-refractivity contribution in [2.75, 3.05) is 13.2 Å². The molecular formula is C14H19ClN4O4. The maximum Gasteiger partial charge on any atom is 0.226 e. The van der Waals surface area contributed by atoms with Gasteiger partial charge >= 0.3 is 0 Å². The Balaban J connectivity index is 1.56. The number of amides is 2. The maximum absolute atomic E-state index is 12.2. The van der Waals surface area contributed by atoms with Gasteiger partial charge in [-0.1, -0.05) is 11.6 Å². The second-order valence-corrected chi connectivity index (χ2v) is 6.26. The minimum Gasteiger partial charge on any atom is -0.371 e. The molecule has 3 heterocycles. The molecule has 4 atom stereocenters. The van der Waals surface area contributed by atoms with Crippen LogP contribution in [0.1, 0.15) is 12.6 Å². The zero-order valence-corrected chi connectivity index (χ0v) is 13.7. The molecule has 0 spiro atoms. The third kappa shape index (κ3) is 3.49. The number of nitrogens with one attached hydrogen (secondary N) is 2. The van der Waals surface area contributed by atoms with Gasteiger partial charge in [-0.05, 0) is 0 Å². The number of aromatic nitrogens is 2. The van der Waals surface area contributed by atoms with Crippen LogP contribution in [0.15, 0.2) is 6.20 Å². The number of hydrogen-bond donors (Lipinski definition) is 2. The van der Waals surface area contributed by atoms with Crippen molar-refractivity contribution in [3.8, 4) is 0 Å². The highest BCUT2D eigenvalue weighted by Gasteiger charge is 2.48. The van der Waals surface area contributed by atoms with E-state index in [1.807, 2.05) is 0 Å². The van der Waals surface area contributed by atoms with Crippen LogP contribution in [-0.2, 0) is 32.5 Å². The molecule has 2 aliphatic rings. The van der Waals surface area contributed by atoms with Gasteiger partial charge in [0.1, 0.15) is 12.2 Å². The Morgan fingerprint density at radius 1 is 1.30 bits per heavy atom. The fourth-order valence-corrected chi connectivity index (χ4v) is 3.29. The molecule has 1 aromatic heterocycles. The second-order valence-electron chi connectivity index (χ2n) is 5.85. The van der Waals surface area contributed by atoms with Crippen molar-refractivity contribution in [2.45, 2.75) is 37.6 Å². The number of hydrogen-bond acceptors (Lipinski definition) is 5. The molecule has 2 amide bonds. The predicted molar refractivity (Wildman–Crippen MR) is 80.9 cm³/mol. The molecule has 1 aromatic rings. The van der Waals surface area contributed by atoms with Crippen LogP contribution >= 0.6 is 11.6 Å². The van der Waals surface area contributed by atoms with Crippen LogP contribution in [0, 0.1) is 0 Å². The van der Waals surface area contributed by atoms with E-state index in [2.05, 4.69) is 15.7 Å². The van der Waals surface area contributed by atoms with Crippen molar-refractivity contribution in [2.24, 2.45) is 7.05 Å². The topological polar surface area (TPSA) is 94.5 Å². The van der Waals surface area contributed by atoms with Gasteiger partial charge in [-0.15, -0.1) is 0 Å². The van der Waals surface area contributed by atoms with Gasteiger partial charge in [0, 0.05) is 20.2 Å². The van der Waals surface area contributed by atoms with Gasteiger partial charge < -0.3 is 20.1 Å². The maximum atomic E-state index is 12.2. The molecule has 0 saturated carbocycles. The molecular weight excluding hydrogens is 324 g/mol. The summed E-state index contributed by atoms with van der Waals surface area (Å²) in [4.78, 5) is 23.3. The first-order valence-corrected chi connectivity index (χ1v) is 7.79. The highest BCUT2D eigenvalue weighted by atomic mass is 35.5. The smallest absolute Gasteiger partial charge is 0.226 e. The zero-order valence-electron chi connectivity index (χ0n) is 12.9. The van der Waals surface area contributed by atoms with E-state index < -0.39 is 0 Å². The van der Waals surface area contributed by atoms with E-state index in [9.17, 15) is 9.59 Å². The van der Waals surface area contributed by atoms with Crippen molar-refractivity contribution in [1.29, 1.82) is 0 Å². The first-order valence-electron chi connectivity index (χ1n) is 7.41. The Kier molecular flexibility index (Phi) is 4.56. The molecule has 2 saturated heterocycles. The summed E-state index contributed by atoms with van der Waals surface area (Å²) in [6.07, 6.45) is 1.26. The van der Waals surface area contributed by atoms with Crippen LogP contribution in [-0.4, -0.2) is 59.1 Å². The highest BCUT2D eigenvalue weighted by Crippen LogP contribution is 2.27. The number of halogens is 1. The lowest BCUT2D eigenvalue weighted by Gasteiger charge is -2.17. The summed E-state index contributed by atoms with van der Waals surface area (Å²) in [5.41, 5.74) is 0.533. The van der Waals surface area contributed by atoms with Crippen LogP contribution in [0.5, 0.6) is 0 Å². The van der Waals surface area contributed by atoms with E-state index >= 15 is 0 Å². The van der Waals surface area contributed by atoms with Crippen LogP contribution < -0.4 is 10.6 Å². The number of ether oxygens (including phenoxy) is 2. The number of rotatable bonds is 4. The fourth-order valence-electron chi connectivity index (χ4n) is 3.04. The fraction of sp³-hybridized carbons (Fsp3) is 0.643. The third-order valence-corrected chi connectivity index (χ3v) is 4.29. The van der Waals surface area contributed by atoms with Gasteiger partial charge in [-0.2, -0.15) is 5.10 Å². The van der Waals surface area contributed by atoms with Crippen molar-refractivity contribution in [1.82, 2.24) is 20.4 Å². The van der Waals surface area contributed by atoms with E-state index in [-0.39, 0.29) is 42.5 Å². The Morgan fingerprint density at radius 3 is 2.43 bits per heavy atom. The van der Waals surface area contributed by atoms with Crippen molar-refractivity contribution in [3.05, 3.63) is 16.9 Å². The van der Waals surface area contributed by atoms with Crippen molar-refractivity contribution >= 4 is 23.4 Å². The molecule has 0 bridgehead atoms. The summed E-state index contributed by atoms with van der Waals surface area (Å²) in [5.74, 6) is -0.313. The van der Waals surface area contributed by atoms with Crippen LogP contribution in [0.2, 0.25) is 5.02 Å². The van der Waals surface area contributed by atoms with Crippen LogP contribution in [0.25, 0.3) is 0 Å². The van der Waals surface area contributed by atoms with Gasteiger partial charge in [-0.3, -0.25) is 14.3 Å². The summed E-state index contributed by atoms with van der Waals surface area (Å²) in [6.45, 7) is 2.19. The van der Waals surface area contributed by atoms with Gasteiger partial charge in [0.05, 0.1) is 42.4 Å². The summed E-state index contributed by atoms with van der Waals surface area (Å²) >= 11 is 6.01. The normalized spacial score (nSPS) is 29.3. The molecule has 9 heteroatoms. The number of carbonyl (C=O) groups is 2. The molecule has 126 valence electrons. The third-order valence-electron chi connectivity index (χ3n) is 3.97. The van der Waals surface area contributed by atoms with E-state index in [0.29, 0.717) is 23.9 Å².